The molecule has 2 aliphatic carbocycles. The van der Waals surface area contributed by atoms with Gasteiger partial charge >= 0.3 is 18.6 Å². The second kappa shape index (κ2) is 11.9. The molecule has 7 aliphatic rings. The first kappa shape index (κ1) is 29.4. The van der Waals surface area contributed by atoms with Crippen molar-refractivity contribution in [1.29, 1.82) is 0 Å². The van der Waals surface area contributed by atoms with E-state index in [1.54, 1.807) is 0 Å². The maximum absolute atomic E-state index is 5.48. The molecule has 9 rings (SSSR count). The minimum absolute atomic E-state index is 0. The van der Waals surface area contributed by atoms with Gasteiger partial charge in [0.2, 0.25) is 0 Å². The third-order valence-electron chi connectivity index (χ3n) is 11.3. The molecule has 0 spiro atoms. The molecule has 0 amide bonds. The normalized spacial score (nSPS) is 43.2. The van der Waals surface area contributed by atoms with Crippen LogP contribution in [0.3, 0.4) is 0 Å². The van der Waals surface area contributed by atoms with Crippen LogP contribution in [-0.4, -0.2) is 24.7 Å². The molecule has 2 saturated carbocycles. The molecule has 6 N–H and O–H groups in total. The number of rotatable bonds is 0. The molecule has 5 heterocycles. The molecule has 2 aromatic carbocycles. The molecular weight excluding hydrogens is 563 g/mol. The molecule has 1 radical (unpaired) electrons. The van der Waals surface area contributed by atoms with Gasteiger partial charge in [-0.15, -0.1) is 0 Å². The summed E-state index contributed by atoms with van der Waals surface area (Å²) in [6.07, 6.45) is 11.2. The van der Waals surface area contributed by atoms with Crippen molar-refractivity contribution < 1.29 is 24.0 Å². The van der Waals surface area contributed by atoms with E-state index in [9.17, 15) is 0 Å². The standard InChI is InChI=1S/C32H42N8.O.V/c1-2-10-18-17(9-1)25-33-26(18)38-28-21-13-5-6-14-22(21)30(35-28)40-32-24-16-8-7-15-23(24)31(36-32)39-29-20-12-4-3-11-19(20)27(34-29)37-25;;/h1-2,7-10,15-16,19-22,25-33,36-40H,3-6,11-14H2;;/q2*-2;+4. The van der Waals surface area contributed by atoms with Crippen LogP contribution < -0.4 is 31.9 Å². The predicted molar refractivity (Wildman–Crippen MR) is 156 cm³/mol. The molecule has 0 aromatic heterocycles. The number of nitrogens with one attached hydrogen (secondary N) is 6. The molecule has 9 nitrogen and oxygen atoms in total. The van der Waals surface area contributed by atoms with Crippen molar-refractivity contribution in [3.63, 3.8) is 0 Å². The van der Waals surface area contributed by atoms with Crippen LogP contribution in [0.25, 0.3) is 10.6 Å². The summed E-state index contributed by atoms with van der Waals surface area (Å²) in [5.74, 6) is 2.29. The molecule has 42 heavy (non-hydrogen) atoms. The summed E-state index contributed by atoms with van der Waals surface area (Å²) >= 11 is 0. The molecule has 5 aliphatic heterocycles. The monoisotopic (exact) mass is 605 g/mol. The van der Waals surface area contributed by atoms with E-state index in [1.807, 2.05) is 0 Å². The predicted octanol–water partition coefficient (Wildman–Crippen LogP) is 4.53. The Morgan fingerprint density at radius 1 is 0.429 bits per heavy atom. The summed E-state index contributed by atoms with van der Waals surface area (Å²) in [5, 5.41) is 34.9. The molecule has 12 atom stereocenters. The molecule has 8 bridgehead atoms. The van der Waals surface area contributed by atoms with Crippen LogP contribution in [-0.2, 0) is 24.0 Å². The third-order valence-corrected chi connectivity index (χ3v) is 11.3. The number of benzene rings is 2. The summed E-state index contributed by atoms with van der Waals surface area (Å²) in [6, 6.07) is 17.9. The van der Waals surface area contributed by atoms with Crippen molar-refractivity contribution >= 4 is 0 Å². The number of nitrogens with zero attached hydrogens (tertiary/aromatic N) is 2. The Hall–Kier alpha value is -1.34. The molecule has 10 heteroatoms. The van der Waals surface area contributed by atoms with Gasteiger partial charge in [0.1, 0.15) is 0 Å². The summed E-state index contributed by atoms with van der Waals surface area (Å²) in [7, 11) is 0. The van der Waals surface area contributed by atoms with Crippen molar-refractivity contribution in [1.82, 2.24) is 31.9 Å². The number of hydrogen-bond donors (Lipinski definition) is 6. The van der Waals surface area contributed by atoms with Crippen molar-refractivity contribution in [2.45, 2.75) is 101 Å². The van der Waals surface area contributed by atoms with Gasteiger partial charge in [-0.05, 0) is 45.9 Å². The largest absolute Gasteiger partial charge is 4.00 e. The minimum atomic E-state index is 0. The molecule has 12 unspecified atom stereocenters. The van der Waals surface area contributed by atoms with Crippen LogP contribution in [0.15, 0.2) is 48.5 Å². The van der Waals surface area contributed by atoms with Crippen LogP contribution in [0.1, 0.15) is 98.3 Å². The van der Waals surface area contributed by atoms with E-state index in [2.05, 4.69) is 80.4 Å². The van der Waals surface area contributed by atoms with Crippen LogP contribution >= 0.6 is 0 Å². The molecule has 221 valence electrons. The first-order valence-corrected chi connectivity index (χ1v) is 15.9. The SMILES string of the molecule is [O-2].[V+4].c1ccc2c(c1)C1NC2NC2[N-]C(NC3NC(NC4[N-]C(N1)C1CCCCC41)c1ccccc13)C1CCCCC21. The van der Waals surface area contributed by atoms with Gasteiger partial charge in [0, 0.05) is 0 Å². The van der Waals surface area contributed by atoms with E-state index >= 15 is 0 Å². The van der Waals surface area contributed by atoms with Gasteiger partial charge in [0.25, 0.3) is 0 Å². The Morgan fingerprint density at radius 2 is 0.690 bits per heavy atom. The van der Waals surface area contributed by atoms with Crippen LogP contribution in [0.4, 0.5) is 0 Å². The van der Waals surface area contributed by atoms with Gasteiger partial charge < -0.3 is 37.4 Å². The van der Waals surface area contributed by atoms with Crippen LogP contribution in [0, 0.1) is 23.7 Å². The fraction of sp³-hybridized carbons (Fsp3) is 0.625. The fourth-order valence-corrected chi connectivity index (χ4v) is 9.40. The van der Waals surface area contributed by atoms with E-state index in [4.69, 9.17) is 10.6 Å². The van der Waals surface area contributed by atoms with Gasteiger partial charge in [-0.1, -0.05) is 125 Å². The van der Waals surface area contributed by atoms with Crippen molar-refractivity contribution in [3.05, 3.63) is 81.4 Å². The number of fused-ring (bicyclic) bond motifs is 20. The maximum atomic E-state index is 5.48. The summed E-state index contributed by atoms with van der Waals surface area (Å²) in [6.45, 7) is 0. The molecule has 3 saturated heterocycles. The zero-order valence-electron chi connectivity index (χ0n) is 24.0. The maximum Gasteiger partial charge on any atom is 4.00 e. The van der Waals surface area contributed by atoms with Gasteiger partial charge in [-0.2, -0.15) is 0 Å². The minimum Gasteiger partial charge on any atom is -2.00 e. The molecular formula is C32H42N8OV. The quantitative estimate of drug-likeness (QED) is 0.262. The van der Waals surface area contributed by atoms with Crippen molar-refractivity contribution in [2.75, 3.05) is 0 Å². The summed E-state index contributed by atoms with van der Waals surface area (Å²) in [4.78, 5) is 0. The second-order valence-corrected chi connectivity index (χ2v) is 13.3. The first-order valence-electron chi connectivity index (χ1n) is 15.9. The molecule has 5 fully saturated rings. The van der Waals surface area contributed by atoms with Gasteiger partial charge in [0.05, 0.1) is 24.7 Å². The third kappa shape index (κ3) is 4.82. The van der Waals surface area contributed by atoms with E-state index in [-0.39, 0.29) is 73.4 Å². The first-order chi connectivity index (χ1) is 19.8. The zero-order chi connectivity index (χ0) is 26.2. The van der Waals surface area contributed by atoms with Gasteiger partial charge in [0.15, 0.2) is 0 Å². The van der Waals surface area contributed by atoms with E-state index in [0.29, 0.717) is 23.7 Å². The smallest absolute Gasteiger partial charge is 2.00 e. The Balaban J connectivity index is 0.00000144. The van der Waals surface area contributed by atoms with Crippen molar-refractivity contribution in [3.8, 4) is 0 Å². The zero-order valence-corrected chi connectivity index (χ0v) is 25.4. The second-order valence-electron chi connectivity index (χ2n) is 13.3. The van der Waals surface area contributed by atoms with Crippen LogP contribution in [0.5, 0.6) is 0 Å². The Morgan fingerprint density at radius 3 is 0.952 bits per heavy atom. The Bertz CT molecular complexity index is 1080. The Kier molecular flexibility index (Phi) is 8.31. The van der Waals surface area contributed by atoms with Gasteiger partial charge in [-0.3, -0.25) is 10.6 Å². The van der Waals surface area contributed by atoms with E-state index in [0.717, 1.165) is 0 Å². The average Bonchev–Trinajstić information content (AvgIpc) is 3.73. The summed E-state index contributed by atoms with van der Waals surface area (Å²) in [5.41, 5.74) is 5.41. The average molecular weight is 606 g/mol. The molecule has 2 aromatic rings. The number of hydrogen-bond acceptors (Lipinski definition) is 6. The van der Waals surface area contributed by atoms with E-state index < -0.39 is 0 Å². The fourth-order valence-electron chi connectivity index (χ4n) is 9.40. The van der Waals surface area contributed by atoms with Crippen LogP contribution in [0.2, 0.25) is 0 Å². The topological polar surface area (TPSA) is 129 Å². The van der Waals surface area contributed by atoms with E-state index in [1.165, 1.54) is 73.6 Å². The van der Waals surface area contributed by atoms with Gasteiger partial charge in [-0.25, -0.2) is 0 Å². The van der Waals surface area contributed by atoms with Crippen molar-refractivity contribution in [2.24, 2.45) is 23.7 Å². The summed E-state index contributed by atoms with van der Waals surface area (Å²) < 4.78 is 0. The Labute approximate surface area is 261 Å².